The second kappa shape index (κ2) is 6.52. The SMILES string of the molecule is COc1ccc(-c2cc(-c3c(O)cc(O)cc3N=O)on2)cc1OC. The molecule has 0 aliphatic carbocycles. The lowest BCUT2D eigenvalue weighted by atomic mass is 10.1. The zero-order valence-electron chi connectivity index (χ0n) is 13.4. The van der Waals surface area contributed by atoms with Gasteiger partial charge in [0.15, 0.2) is 17.3 Å². The first-order chi connectivity index (χ1) is 12.1. The normalized spacial score (nSPS) is 10.5. The lowest BCUT2D eigenvalue weighted by molar-refractivity contribution is 0.355. The van der Waals surface area contributed by atoms with Gasteiger partial charge in [-0.3, -0.25) is 0 Å². The summed E-state index contributed by atoms with van der Waals surface area (Å²) in [5.41, 5.74) is 1.03. The predicted molar refractivity (Wildman–Crippen MR) is 89.3 cm³/mol. The van der Waals surface area contributed by atoms with Crippen LogP contribution in [0.2, 0.25) is 0 Å². The lowest BCUT2D eigenvalue weighted by Crippen LogP contribution is -1.90. The van der Waals surface area contributed by atoms with Gasteiger partial charge in [-0.1, -0.05) is 5.16 Å². The molecule has 0 amide bonds. The van der Waals surface area contributed by atoms with E-state index >= 15 is 0 Å². The number of rotatable bonds is 5. The van der Waals surface area contributed by atoms with Gasteiger partial charge in [-0.15, -0.1) is 4.91 Å². The molecule has 0 aliphatic rings. The van der Waals surface area contributed by atoms with Gasteiger partial charge in [0.2, 0.25) is 0 Å². The molecule has 0 spiro atoms. The number of ether oxygens (including phenoxy) is 2. The molecule has 1 aromatic heterocycles. The standard InChI is InChI=1S/C17H14N2O6/c1-23-14-4-3-9(5-15(14)24-2)11-8-16(25-19-11)17-12(18-22)6-10(20)7-13(17)21/h3-8,20-21H,1-2H3. The molecule has 2 N–H and O–H groups in total. The van der Waals surface area contributed by atoms with Crippen molar-refractivity contribution < 1.29 is 24.2 Å². The third-order valence-electron chi connectivity index (χ3n) is 3.62. The zero-order valence-corrected chi connectivity index (χ0v) is 13.4. The van der Waals surface area contributed by atoms with Crippen molar-refractivity contribution in [1.29, 1.82) is 0 Å². The summed E-state index contributed by atoms with van der Waals surface area (Å²) in [6, 6.07) is 8.96. The van der Waals surface area contributed by atoms with Crippen molar-refractivity contribution in [3.63, 3.8) is 0 Å². The summed E-state index contributed by atoms with van der Waals surface area (Å²) in [6.45, 7) is 0. The summed E-state index contributed by atoms with van der Waals surface area (Å²) in [4.78, 5) is 11.0. The summed E-state index contributed by atoms with van der Waals surface area (Å²) in [6.07, 6.45) is 0. The second-order valence-corrected chi connectivity index (χ2v) is 5.10. The van der Waals surface area contributed by atoms with Crippen LogP contribution in [0.25, 0.3) is 22.6 Å². The topological polar surface area (TPSA) is 114 Å². The van der Waals surface area contributed by atoms with Gasteiger partial charge in [-0.25, -0.2) is 0 Å². The fourth-order valence-corrected chi connectivity index (χ4v) is 2.45. The van der Waals surface area contributed by atoms with E-state index in [0.717, 1.165) is 12.1 Å². The molecule has 3 rings (SSSR count). The average Bonchev–Trinajstić information content (AvgIpc) is 3.09. The summed E-state index contributed by atoms with van der Waals surface area (Å²) >= 11 is 0. The smallest absolute Gasteiger partial charge is 0.173 e. The molecule has 3 aromatic rings. The molecule has 0 bridgehead atoms. The van der Waals surface area contributed by atoms with Gasteiger partial charge in [0.25, 0.3) is 0 Å². The van der Waals surface area contributed by atoms with Crippen LogP contribution in [-0.4, -0.2) is 29.6 Å². The maximum atomic E-state index is 11.0. The molecule has 2 aromatic carbocycles. The van der Waals surface area contributed by atoms with Crippen molar-refractivity contribution >= 4 is 5.69 Å². The highest BCUT2D eigenvalue weighted by Gasteiger charge is 2.19. The van der Waals surface area contributed by atoms with E-state index in [1.54, 1.807) is 24.3 Å². The molecule has 0 unspecified atom stereocenters. The molecule has 0 aliphatic heterocycles. The van der Waals surface area contributed by atoms with Gasteiger partial charge in [0.05, 0.1) is 19.8 Å². The highest BCUT2D eigenvalue weighted by Crippen LogP contribution is 2.42. The Morgan fingerprint density at radius 1 is 1.04 bits per heavy atom. The van der Waals surface area contributed by atoms with E-state index in [1.165, 1.54) is 14.2 Å². The molecule has 1 heterocycles. The summed E-state index contributed by atoms with van der Waals surface area (Å²) in [5, 5.41) is 26.2. The maximum absolute atomic E-state index is 11.0. The molecule has 0 atom stereocenters. The summed E-state index contributed by atoms with van der Waals surface area (Å²) in [7, 11) is 3.06. The number of phenolic OH excluding ortho intramolecular Hbond substituents is 2. The minimum Gasteiger partial charge on any atom is -0.508 e. The van der Waals surface area contributed by atoms with Crippen LogP contribution in [0.4, 0.5) is 5.69 Å². The van der Waals surface area contributed by atoms with Crippen molar-refractivity contribution in [3.8, 4) is 45.6 Å². The highest BCUT2D eigenvalue weighted by atomic mass is 16.5. The van der Waals surface area contributed by atoms with Crippen LogP contribution >= 0.6 is 0 Å². The van der Waals surface area contributed by atoms with Crippen molar-refractivity contribution in [3.05, 3.63) is 41.3 Å². The van der Waals surface area contributed by atoms with Gasteiger partial charge in [0, 0.05) is 23.8 Å². The minimum atomic E-state index is -0.343. The second-order valence-electron chi connectivity index (χ2n) is 5.10. The summed E-state index contributed by atoms with van der Waals surface area (Å²) < 4.78 is 15.7. The number of hydrogen-bond acceptors (Lipinski definition) is 8. The fourth-order valence-electron chi connectivity index (χ4n) is 2.45. The van der Waals surface area contributed by atoms with Crippen LogP contribution in [0.3, 0.4) is 0 Å². The van der Waals surface area contributed by atoms with Gasteiger partial charge >= 0.3 is 0 Å². The van der Waals surface area contributed by atoms with Crippen molar-refractivity contribution in [1.82, 2.24) is 5.16 Å². The van der Waals surface area contributed by atoms with Gasteiger partial charge in [0.1, 0.15) is 22.9 Å². The van der Waals surface area contributed by atoms with E-state index < -0.39 is 0 Å². The Hall–Kier alpha value is -3.55. The highest BCUT2D eigenvalue weighted by molar-refractivity contribution is 5.81. The molecular weight excluding hydrogens is 328 g/mol. The largest absolute Gasteiger partial charge is 0.508 e. The molecule has 128 valence electrons. The third kappa shape index (κ3) is 2.97. The van der Waals surface area contributed by atoms with Crippen LogP contribution < -0.4 is 9.47 Å². The molecule has 25 heavy (non-hydrogen) atoms. The molecule has 0 saturated carbocycles. The van der Waals surface area contributed by atoms with Crippen LogP contribution in [0.1, 0.15) is 0 Å². The third-order valence-corrected chi connectivity index (χ3v) is 3.62. The average molecular weight is 342 g/mol. The van der Waals surface area contributed by atoms with E-state index in [2.05, 4.69) is 10.3 Å². The lowest BCUT2D eigenvalue weighted by Gasteiger charge is -2.07. The van der Waals surface area contributed by atoms with Crippen molar-refractivity contribution in [2.45, 2.75) is 0 Å². The van der Waals surface area contributed by atoms with E-state index in [9.17, 15) is 15.1 Å². The van der Waals surface area contributed by atoms with E-state index in [-0.39, 0.29) is 28.5 Å². The summed E-state index contributed by atoms with van der Waals surface area (Å²) in [5.74, 6) is 0.600. The fraction of sp³-hybridized carbons (Fsp3) is 0.118. The van der Waals surface area contributed by atoms with Crippen molar-refractivity contribution in [2.24, 2.45) is 5.18 Å². The number of nitroso groups, excluding NO2 is 1. The zero-order chi connectivity index (χ0) is 18.0. The predicted octanol–water partition coefficient (Wildman–Crippen LogP) is 3.83. The van der Waals surface area contributed by atoms with E-state index in [1.807, 2.05) is 0 Å². The number of aromatic nitrogens is 1. The van der Waals surface area contributed by atoms with Crippen LogP contribution in [0, 0.1) is 4.91 Å². The number of phenols is 2. The van der Waals surface area contributed by atoms with E-state index in [4.69, 9.17) is 14.0 Å². The Labute approximate surface area is 142 Å². The number of methoxy groups -OCH3 is 2. The van der Waals surface area contributed by atoms with E-state index in [0.29, 0.717) is 22.8 Å². The van der Waals surface area contributed by atoms with Gasteiger partial charge < -0.3 is 24.2 Å². The molecule has 8 nitrogen and oxygen atoms in total. The van der Waals surface area contributed by atoms with Gasteiger partial charge in [-0.2, -0.15) is 0 Å². The van der Waals surface area contributed by atoms with Crippen LogP contribution in [0.5, 0.6) is 23.0 Å². The van der Waals surface area contributed by atoms with Crippen LogP contribution in [0.15, 0.2) is 46.1 Å². The molecule has 0 saturated heterocycles. The quantitative estimate of drug-likeness (QED) is 0.677. The first-order valence-corrected chi connectivity index (χ1v) is 7.16. The van der Waals surface area contributed by atoms with Gasteiger partial charge in [-0.05, 0) is 23.4 Å². The minimum absolute atomic E-state index is 0.0482. The Morgan fingerprint density at radius 3 is 2.48 bits per heavy atom. The Balaban J connectivity index is 2.06. The monoisotopic (exact) mass is 342 g/mol. The Bertz CT molecular complexity index is 935. The Morgan fingerprint density at radius 2 is 1.80 bits per heavy atom. The number of aromatic hydroxyl groups is 2. The molecule has 0 radical (unpaired) electrons. The maximum Gasteiger partial charge on any atom is 0.173 e. The number of nitrogens with zero attached hydrogens (tertiary/aromatic N) is 2. The molecule has 8 heteroatoms. The number of hydrogen-bond donors (Lipinski definition) is 2. The molecule has 0 fully saturated rings. The first kappa shape index (κ1) is 16.3. The Kier molecular flexibility index (Phi) is 4.25. The number of benzene rings is 2. The molecular formula is C17H14N2O6. The first-order valence-electron chi connectivity index (χ1n) is 7.16. The van der Waals surface area contributed by atoms with Crippen molar-refractivity contribution in [2.75, 3.05) is 14.2 Å². The van der Waals surface area contributed by atoms with Crippen LogP contribution in [-0.2, 0) is 0 Å².